The number of hydrogen-bond donors (Lipinski definition) is 0. The van der Waals surface area contributed by atoms with E-state index in [-0.39, 0.29) is 0 Å². The fourth-order valence-electron chi connectivity index (χ4n) is 8.48. The van der Waals surface area contributed by atoms with Crippen molar-refractivity contribution in [2.24, 2.45) is 0 Å². The molecule has 10 aromatic carbocycles. The first kappa shape index (κ1) is 30.5. The van der Waals surface area contributed by atoms with Crippen LogP contribution in [0.25, 0.3) is 87.3 Å². The Labute approximate surface area is 312 Å². The van der Waals surface area contributed by atoms with Crippen LogP contribution in [0.3, 0.4) is 0 Å². The van der Waals surface area contributed by atoms with E-state index < -0.39 is 0 Å². The zero-order chi connectivity index (χ0) is 35.6. The molecule has 0 radical (unpaired) electrons. The van der Waals surface area contributed by atoms with Crippen LogP contribution in [0.1, 0.15) is 0 Å². The Hall–Kier alpha value is -7.16. The van der Waals surface area contributed by atoms with Gasteiger partial charge in [0.25, 0.3) is 0 Å². The third-order valence-corrected chi connectivity index (χ3v) is 11.0. The molecule has 2 nitrogen and oxygen atoms in total. The summed E-state index contributed by atoms with van der Waals surface area (Å²) in [5, 5.41) is 12.2. The summed E-state index contributed by atoms with van der Waals surface area (Å²) in [4.78, 5) is 2.41. The third kappa shape index (κ3) is 4.81. The Balaban J connectivity index is 1.16. The molecule has 0 aliphatic rings. The minimum Gasteiger partial charge on any atom is -0.455 e. The van der Waals surface area contributed by atoms with E-state index in [1.54, 1.807) is 0 Å². The van der Waals surface area contributed by atoms with Crippen LogP contribution < -0.4 is 4.90 Å². The first-order chi connectivity index (χ1) is 26.8. The second kappa shape index (κ2) is 12.2. The molecule has 0 aliphatic heterocycles. The van der Waals surface area contributed by atoms with Gasteiger partial charge in [-0.3, -0.25) is 0 Å². The molecule has 0 unspecified atom stereocenters. The quantitative estimate of drug-likeness (QED) is 0.168. The van der Waals surface area contributed by atoms with Crippen molar-refractivity contribution in [1.82, 2.24) is 0 Å². The van der Waals surface area contributed by atoms with Gasteiger partial charge in [0.2, 0.25) is 0 Å². The average Bonchev–Trinajstić information content (AvgIpc) is 3.64. The number of rotatable bonds is 5. The molecule has 0 atom stereocenters. The fraction of sp³-hybridized carbons (Fsp3) is 0. The van der Waals surface area contributed by atoms with Crippen molar-refractivity contribution < 1.29 is 4.42 Å². The Morgan fingerprint density at radius 3 is 1.70 bits per heavy atom. The zero-order valence-corrected chi connectivity index (χ0v) is 29.4. The van der Waals surface area contributed by atoms with E-state index in [0.717, 1.165) is 50.1 Å². The van der Waals surface area contributed by atoms with Gasteiger partial charge in [0, 0.05) is 22.3 Å². The van der Waals surface area contributed by atoms with Crippen LogP contribution in [0.4, 0.5) is 17.1 Å². The number of nitrogens with zero attached hydrogens (tertiary/aromatic N) is 1. The van der Waals surface area contributed by atoms with Gasteiger partial charge in [-0.2, -0.15) is 0 Å². The summed E-state index contributed by atoms with van der Waals surface area (Å²) in [6.45, 7) is 0. The smallest absolute Gasteiger partial charge is 0.145 e. The van der Waals surface area contributed by atoms with Crippen LogP contribution in [0.5, 0.6) is 0 Å². The van der Waals surface area contributed by atoms with Crippen molar-refractivity contribution in [1.29, 1.82) is 0 Å². The number of hydrogen-bond acceptors (Lipinski definition) is 2. The molecule has 0 bridgehead atoms. The number of anilines is 3. The van der Waals surface area contributed by atoms with Gasteiger partial charge < -0.3 is 9.32 Å². The highest BCUT2D eigenvalue weighted by Crippen LogP contribution is 2.47. The van der Waals surface area contributed by atoms with Gasteiger partial charge in [0.15, 0.2) is 0 Å². The second-order valence-corrected chi connectivity index (χ2v) is 14.1. The van der Waals surface area contributed by atoms with E-state index >= 15 is 0 Å². The Morgan fingerprint density at radius 2 is 0.907 bits per heavy atom. The SMILES string of the molecule is c1ccc(-c2ccc(N(c3ccc(-c4cc5ccccc5c5ccccc45)cc3)c3ccc4ccc5ccccc5c4c3)c3c2oc2ccccc23)cc1. The fourth-order valence-corrected chi connectivity index (χ4v) is 8.48. The lowest BCUT2D eigenvalue weighted by atomic mass is 9.93. The molecule has 0 N–H and O–H groups in total. The maximum absolute atomic E-state index is 6.75. The monoisotopic (exact) mass is 687 g/mol. The molecule has 0 saturated heterocycles. The highest BCUT2D eigenvalue weighted by molar-refractivity contribution is 6.18. The van der Waals surface area contributed by atoms with E-state index in [0.29, 0.717) is 0 Å². The van der Waals surface area contributed by atoms with E-state index in [4.69, 9.17) is 4.42 Å². The van der Waals surface area contributed by atoms with Crippen LogP contribution in [-0.2, 0) is 0 Å². The molecular formula is C52H33NO. The van der Waals surface area contributed by atoms with Crippen molar-refractivity contribution >= 4 is 82.1 Å². The van der Waals surface area contributed by atoms with Crippen LogP contribution in [-0.4, -0.2) is 0 Å². The van der Waals surface area contributed by atoms with Crippen LogP contribution >= 0.6 is 0 Å². The highest BCUT2D eigenvalue weighted by Gasteiger charge is 2.23. The van der Waals surface area contributed by atoms with Gasteiger partial charge in [0.05, 0.1) is 11.1 Å². The summed E-state index contributed by atoms with van der Waals surface area (Å²) in [5.74, 6) is 0. The molecule has 54 heavy (non-hydrogen) atoms. The van der Waals surface area contributed by atoms with Crippen LogP contribution in [0.2, 0.25) is 0 Å². The third-order valence-electron chi connectivity index (χ3n) is 11.0. The number of fused-ring (bicyclic) bond motifs is 9. The van der Waals surface area contributed by atoms with Gasteiger partial charge in [-0.05, 0) is 108 Å². The van der Waals surface area contributed by atoms with Crippen molar-refractivity contribution in [3.05, 3.63) is 200 Å². The summed E-state index contributed by atoms with van der Waals surface area (Å²) < 4.78 is 6.75. The lowest BCUT2D eigenvalue weighted by Gasteiger charge is -2.27. The van der Waals surface area contributed by atoms with E-state index in [9.17, 15) is 0 Å². The van der Waals surface area contributed by atoms with Crippen molar-refractivity contribution in [3.8, 4) is 22.3 Å². The Morgan fingerprint density at radius 1 is 0.333 bits per heavy atom. The van der Waals surface area contributed by atoms with E-state index in [1.807, 2.05) is 6.07 Å². The van der Waals surface area contributed by atoms with Gasteiger partial charge in [-0.1, -0.05) is 152 Å². The minimum atomic E-state index is 0.875. The largest absolute Gasteiger partial charge is 0.455 e. The summed E-state index contributed by atoms with van der Waals surface area (Å²) >= 11 is 0. The molecule has 0 amide bonds. The number of para-hydroxylation sites is 1. The predicted octanol–water partition coefficient (Wildman–Crippen LogP) is 15.0. The molecule has 11 aromatic rings. The van der Waals surface area contributed by atoms with E-state index in [1.165, 1.54) is 54.2 Å². The average molecular weight is 688 g/mol. The predicted molar refractivity (Wildman–Crippen MR) is 229 cm³/mol. The number of furan rings is 1. The maximum Gasteiger partial charge on any atom is 0.145 e. The van der Waals surface area contributed by atoms with Gasteiger partial charge in [0.1, 0.15) is 11.2 Å². The van der Waals surface area contributed by atoms with Gasteiger partial charge in [-0.15, -0.1) is 0 Å². The lowest BCUT2D eigenvalue weighted by molar-refractivity contribution is 0.670. The Bertz CT molecular complexity index is 3210. The lowest BCUT2D eigenvalue weighted by Crippen LogP contribution is -2.10. The first-order valence-electron chi connectivity index (χ1n) is 18.5. The van der Waals surface area contributed by atoms with Crippen molar-refractivity contribution in [3.63, 3.8) is 0 Å². The normalized spacial score (nSPS) is 11.7. The van der Waals surface area contributed by atoms with Crippen LogP contribution in [0, 0.1) is 0 Å². The second-order valence-electron chi connectivity index (χ2n) is 14.1. The molecule has 2 heteroatoms. The topological polar surface area (TPSA) is 16.4 Å². The molecule has 0 saturated carbocycles. The summed E-state index contributed by atoms with van der Waals surface area (Å²) in [7, 11) is 0. The summed E-state index contributed by atoms with van der Waals surface area (Å²) in [6.07, 6.45) is 0. The number of benzene rings is 10. The maximum atomic E-state index is 6.75. The molecule has 0 spiro atoms. The molecular weight excluding hydrogens is 655 g/mol. The summed E-state index contributed by atoms with van der Waals surface area (Å²) in [5.41, 5.74) is 9.61. The summed E-state index contributed by atoms with van der Waals surface area (Å²) in [6, 6.07) is 72.3. The molecule has 252 valence electrons. The highest BCUT2D eigenvalue weighted by atomic mass is 16.3. The molecule has 11 rings (SSSR count). The first-order valence-corrected chi connectivity index (χ1v) is 18.5. The van der Waals surface area contributed by atoms with Gasteiger partial charge in [-0.25, -0.2) is 0 Å². The standard InChI is InChI=1S/C52H33NO/c1-2-12-34(13-3-1)43-30-31-49(51-46-20-10-11-21-50(46)54-52(43)51)53(40-29-26-36-23-22-35-14-4-6-16-41(35)48(36)33-40)39-27-24-37(25-28-39)47-32-38-15-5-7-17-42(38)44-18-8-9-19-45(44)47/h1-33H. The molecule has 1 aromatic heterocycles. The van der Waals surface area contributed by atoms with Crippen LogP contribution in [0.15, 0.2) is 205 Å². The molecule has 1 heterocycles. The minimum absolute atomic E-state index is 0.875. The zero-order valence-electron chi connectivity index (χ0n) is 29.4. The van der Waals surface area contributed by atoms with Crippen molar-refractivity contribution in [2.75, 3.05) is 4.90 Å². The molecule has 0 aliphatic carbocycles. The van der Waals surface area contributed by atoms with Gasteiger partial charge >= 0.3 is 0 Å². The Kier molecular flexibility index (Phi) is 6.90. The molecule has 0 fully saturated rings. The van der Waals surface area contributed by atoms with Crippen molar-refractivity contribution in [2.45, 2.75) is 0 Å². The van der Waals surface area contributed by atoms with E-state index in [2.05, 4.69) is 199 Å².